The van der Waals surface area contributed by atoms with Crippen LogP contribution in [0.25, 0.3) is 0 Å². The lowest BCUT2D eigenvalue weighted by molar-refractivity contribution is 0.0939. The molecule has 0 saturated carbocycles. The second kappa shape index (κ2) is 7.18. The normalized spacial score (nSPS) is 15.2. The zero-order valence-corrected chi connectivity index (χ0v) is 8.21. The summed E-state index contributed by atoms with van der Waals surface area (Å²) in [5, 5.41) is 9.61. The van der Waals surface area contributed by atoms with Gasteiger partial charge in [0, 0.05) is 6.42 Å². The molecule has 0 radical (unpaired) electrons. The van der Waals surface area contributed by atoms with Crippen LogP contribution in [0, 0.1) is 18.3 Å². The van der Waals surface area contributed by atoms with Crippen LogP contribution in [0.5, 0.6) is 0 Å². The van der Waals surface area contributed by atoms with E-state index in [4.69, 9.17) is 6.42 Å². The van der Waals surface area contributed by atoms with Crippen molar-refractivity contribution >= 4 is 0 Å². The number of aliphatic hydroxyl groups excluding tert-OH is 1. The first-order valence-corrected chi connectivity index (χ1v) is 4.87. The minimum atomic E-state index is -0.154. The Balaban J connectivity index is 3.78. The summed E-state index contributed by atoms with van der Waals surface area (Å²) >= 11 is 0. The monoisotopic (exact) mass is 168 g/mol. The van der Waals surface area contributed by atoms with Gasteiger partial charge in [-0.25, -0.2) is 0 Å². The Hall–Kier alpha value is -0.480. The smallest absolute Gasteiger partial charge is 0.0566 e. The molecular weight excluding hydrogens is 148 g/mol. The van der Waals surface area contributed by atoms with Crippen LogP contribution in [0.15, 0.2) is 0 Å². The van der Waals surface area contributed by atoms with E-state index in [1.54, 1.807) is 0 Å². The van der Waals surface area contributed by atoms with E-state index in [0.29, 0.717) is 5.92 Å². The molecule has 0 aromatic heterocycles. The van der Waals surface area contributed by atoms with Crippen LogP contribution in [-0.2, 0) is 0 Å². The van der Waals surface area contributed by atoms with Crippen molar-refractivity contribution in [3.05, 3.63) is 0 Å². The van der Waals surface area contributed by atoms with Gasteiger partial charge in [0.15, 0.2) is 0 Å². The first kappa shape index (κ1) is 11.5. The SMILES string of the molecule is C#CCCC(CCC)C(O)CC. The lowest BCUT2D eigenvalue weighted by atomic mass is 9.91. The van der Waals surface area contributed by atoms with Gasteiger partial charge in [0.25, 0.3) is 0 Å². The largest absolute Gasteiger partial charge is 0.393 e. The molecule has 1 N–H and O–H groups in total. The van der Waals surface area contributed by atoms with E-state index in [2.05, 4.69) is 12.8 Å². The van der Waals surface area contributed by atoms with E-state index in [9.17, 15) is 5.11 Å². The molecule has 2 atom stereocenters. The average molecular weight is 168 g/mol. The molecule has 0 aromatic rings. The fraction of sp³-hybridized carbons (Fsp3) is 0.818. The summed E-state index contributed by atoms with van der Waals surface area (Å²) in [5.74, 6) is 3.04. The van der Waals surface area contributed by atoms with Crippen molar-refractivity contribution in [2.24, 2.45) is 5.92 Å². The summed E-state index contributed by atoms with van der Waals surface area (Å²) in [6.07, 6.45) is 9.86. The standard InChI is InChI=1S/C11H20O/c1-4-7-9-10(8-5-2)11(12)6-3/h1,10-12H,5-9H2,2-3H3. The number of terminal acetylenes is 1. The summed E-state index contributed by atoms with van der Waals surface area (Å²) in [5.41, 5.74) is 0. The van der Waals surface area contributed by atoms with Crippen LogP contribution in [-0.4, -0.2) is 11.2 Å². The van der Waals surface area contributed by atoms with Gasteiger partial charge in [0.05, 0.1) is 6.10 Å². The molecule has 12 heavy (non-hydrogen) atoms. The van der Waals surface area contributed by atoms with E-state index in [0.717, 1.165) is 32.1 Å². The Morgan fingerprint density at radius 3 is 2.42 bits per heavy atom. The fourth-order valence-corrected chi connectivity index (χ4v) is 1.50. The van der Waals surface area contributed by atoms with Crippen LogP contribution in [0.3, 0.4) is 0 Å². The molecule has 0 saturated heterocycles. The van der Waals surface area contributed by atoms with Crippen molar-refractivity contribution in [2.75, 3.05) is 0 Å². The van der Waals surface area contributed by atoms with E-state index in [1.165, 1.54) is 0 Å². The molecule has 0 aliphatic rings. The quantitative estimate of drug-likeness (QED) is 0.604. The van der Waals surface area contributed by atoms with Gasteiger partial charge in [-0.15, -0.1) is 12.3 Å². The molecule has 0 aromatic carbocycles. The Bertz CT molecular complexity index is 134. The maximum atomic E-state index is 9.61. The highest BCUT2D eigenvalue weighted by atomic mass is 16.3. The maximum absolute atomic E-state index is 9.61. The second-order valence-electron chi connectivity index (χ2n) is 3.27. The summed E-state index contributed by atoms with van der Waals surface area (Å²) in [6.45, 7) is 4.16. The number of rotatable bonds is 6. The average Bonchev–Trinajstić information content (AvgIpc) is 2.11. The Labute approximate surface area is 76.2 Å². The van der Waals surface area contributed by atoms with Gasteiger partial charge in [0.1, 0.15) is 0 Å². The second-order valence-corrected chi connectivity index (χ2v) is 3.27. The van der Waals surface area contributed by atoms with E-state index < -0.39 is 0 Å². The Morgan fingerprint density at radius 2 is 2.00 bits per heavy atom. The van der Waals surface area contributed by atoms with Crippen LogP contribution in [0.2, 0.25) is 0 Å². The van der Waals surface area contributed by atoms with E-state index in [-0.39, 0.29) is 6.10 Å². The zero-order chi connectivity index (χ0) is 9.40. The third-order valence-electron chi connectivity index (χ3n) is 2.28. The predicted octanol–water partition coefficient (Wildman–Crippen LogP) is 2.59. The molecule has 0 heterocycles. The minimum Gasteiger partial charge on any atom is -0.393 e. The summed E-state index contributed by atoms with van der Waals surface area (Å²) in [7, 11) is 0. The third-order valence-corrected chi connectivity index (χ3v) is 2.28. The first-order valence-electron chi connectivity index (χ1n) is 4.87. The van der Waals surface area contributed by atoms with Crippen molar-refractivity contribution in [3.63, 3.8) is 0 Å². The predicted molar refractivity (Wildman–Crippen MR) is 52.8 cm³/mol. The molecule has 0 aliphatic carbocycles. The highest BCUT2D eigenvalue weighted by molar-refractivity contribution is 4.85. The molecule has 0 fully saturated rings. The van der Waals surface area contributed by atoms with E-state index >= 15 is 0 Å². The van der Waals surface area contributed by atoms with Gasteiger partial charge in [-0.05, 0) is 25.2 Å². The summed E-state index contributed by atoms with van der Waals surface area (Å²) < 4.78 is 0. The lowest BCUT2D eigenvalue weighted by Crippen LogP contribution is -2.19. The van der Waals surface area contributed by atoms with Crippen molar-refractivity contribution in [1.29, 1.82) is 0 Å². The Kier molecular flexibility index (Phi) is 6.90. The molecular formula is C11H20O. The van der Waals surface area contributed by atoms with Crippen LogP contribution in [0.4, 0.5) is 0 Å². The number of hydrogen-bond donors (Lipinski definition) is 1. The van der Waals surface area contributed by atoms with Crippen molar-refractivity contribution in [1.82, 2.24) is 0 Å². The summed E-state index contributed by atoms with van der Waals surface area (Å²) in [4.78, 5) is 0. The van der Waals surface area contributed by atoms with Crippen molar-refractivity contribution < 1.29 is 5.11 Å². The molecule has 0 aliphatic heterocycles. The fourth-order valence-electron chi connectivity index (χ4n) is 1.50. The highest BCUT2D eigenvalue weighted by Gasteiger charge is 2.15. The van der Waals surface area contributed by atoms with Gasteiger partial charge in [-0.2, -0.15) is 0 Å². The van der Waals surface area contributed by atoms with Gasteiger partial charge < -0.3 is 5.11 Å². The van der Waals surface area contributed by atoms with Gasteiger partial charge in [-0.1, -0.05) is 20.3 Å². The van der Waals surface area contributed by atoms with Crippen LogP contribution >= 0.6 is 0 Å². The lowest BCUT2D eigenvalue weighted by Gasteiger charge is -2.20. The molecule has 1 nitrogen and oxygen atoms in total. The molecule has 1 heteroatoms. The third kappa shape index (κ3) is 4.41. The Morgan fingerprint density at radius 1 is 1.33 bits per heavy atom. The first-order chi connectivity index (χ1) is 5.76. The molecule has 0 rings (SSSR count). The van der Waals surface area contributed by atoms with Crippen molar-refractivity contribution in [2.45, 2.75) is 52.1 Å². The van der Waals surface area contributed by atoms with Crippen molar-refractivity contribution in [3.8, 4) is 12.3 Å². The molecule has 0 bridgehead atoms. The van der Waals surface area contributed by atoms with Gasteiger partial charge in [-0.3, -0.25) is 0 Å². The molecule has 0 amide bonds. The molecule has 70 valence electrons. The van der Waals surface area contributed by atoms with Gasteiger partial charge in [0.2, 0.25) is 0 Å². The highest BCUT2D eigenvalue weighted by Crippen LogP contribution is 2.19. The maximum Gasteiger partial charge on any atom is 0.0566 e. The van der Waals surface area contributed by atoms with Crippen LogP contribution in [0.1, 0.15) is 46.0 Å². The number of hydrogen-bond acceptors (Lipinski definition) is 1. The topological polar surface area (TPSA) is 20.2 Å². The van der Waals surface area contributed by atoms with Crippen LogP contribution < -0.4 is 0 Å². The molecule has 2 unspecified atom stereocenters. The molecule has 0 spiro atoms. The zero-order valence-electron chi connectivity index (χ0n) is 8.21. The summed E-state index contributed by atoms with van der Waals surface area (Å²) in [6, 6.07) is 0. The number of aliphatic hydroxyl groups is 1. The minimum absolute atomic E-state index is 0.154. The van der Waals surface area contributed by atoms with Gasteiger partial charge >= 0.3 is 0 Å². The van der Waals surface area contributed by atoms with E-state index in [1.807, 2.05) is 6.92 Å².